The predicted octanol–water partition coefficient (Wildman–Crippen LogP) is 2.89. The molecule has 22 heavy (non-hydrogen) atoms. The number of carboxylic acid groups (broad SMARTS) is 1. The first-order valence-corrected chi connectivity index (χ1v) is 8.20. The Morgan fingerprint density at radius 1 is 1.09 bits per heavy atom. The van der Waals surface area contributed by atoms with Crippen LogP contribution in [0.15, 0.2) is 30.3 Å². The Balaban J connectivity index is 1.64. The molecule has 1 atom stereocenters. The number of hydrogen-bond donors (Lipinski definition) is 1. The monoisotopic (exact) mass is 301 g/mol. The highest BCUT2D eigenvalue weighted by Crippen LogP contribution is 2.44. The molecule has 0 spiro atoms. The van der Waals surface area contributed by atoms with Gasteiger partial charge in [-0.1, -0.05) is 30.3 Å². The molecule has 1 aromatic carbocycles. The minimum Gasteiger partial charge on any atom is -0.481 e. The van der Waals surface area contributed by atoms with Crippen LogP contribution in [0.3, 0.4) is 0 Å². The van der Waals surface area contributed by atoms with Crippen molar-refractivity contribution in [3.05, 3.63) is 35.9 Å². The molecule has 1 N–H and O–H groups in total. The van der Waals surface area contributed by atoms with E-state index in [1.807, 2.05) is 23.1 Å². The summed E-state index contributed by atoms with van der Waals surface area (Å²) < 4.78 is 0. The zero-order chi connectivity index (χ0) is 15.5. The summed E-state index contributed by atoms with van der Waals surface area (Å²) in [4.78, 5) is 25.7. The molecule has 2 aliphatic rings. The van der Waals surface area contributed by atoms with Gasteiger partial charge in [0.2, 0.25) is 5.91 Å². The van der Waals surface area contributed by atoms with Gasteiger partial charge in [0.1, 0.15) is 0 Å². The molecule has 4 nitrogen and oxygen atoms in total. The Hall–Kier alpha value is -1.84. The van der Waals surface area contributed by atoms with Crippen molar-refractivity contribution < 1.29 is 14.7 Å². The minimum absolute atomic E-state index is 0.00257. The molecule has 1 aliphatic heterocycles. The van der Waals surface area contributed by atoms with E-state index >= 15 is 0 Å². The van der Waals surface area contributed by atoms with Crippen LogP contribution in [0, 0.1) is 11.8 Å². The van der Waals surface area contributed by atoms with Gasteiger partial charge in [0, 0.05) is 19.5 Å². The van der Waals surface area contributed by atoms with Gasteiger partial charge in [-0.2, -0.15) is 0 Å². The third-order valence-electron chi connectivity index (χ3n) is 4.91. The van der Waals surface area contributed by atoms with Gasteiger partial charge in [0.05, 0.1) is 5.92 Å². The van der Waals surface area contributed by atoms with Gasteiger partial charge >= 0.3 is 5.97 Å². The van der Waals surface area contributed by atoms with Crippen molar-refractivity contribution in [2.75, 3.05) is 13.1 Å². The van der Waals surface area contributed by atoms with Gasteiger partial charge in [-0.15, -0.1) is 0 Å². The summed E-state index contributed by atoms with van der Waals surface area (Å²) in [6, 6.07) is 10.1. The number of nitrogens with zero attached hydrogens (tertiary/aromatic N) is 1. The number of piperidine rings is 1. The molecule has 0 bridgehead atoms. The van der Waals surface area contributed by atoms with Crippen molar-refractivity contribution in [3.63, 3.8) is 0 Å². The predicted molar refractivity (Wildman–Crippen MR) is 83.5 cm³/mol. The molecule has 1 saturated heterocycles. The number of benzene rings is 1. The number of carbonyl (C=O) groups excluding carboxylic acids is 1. The number of amides is 1. The lowest BCUT2D eigenvalue weighted by atomic mass is 9.89. The Bertz CT molecular complexity index is 531. The van der Waals surface area contributed by atoms with E-state index in [9.17, 15) is 9.59 Å². The fourth-order valence-electron chi connectivity index (χ4n) is 3.51. The summed E-state index contributed by atoms with van der Waals surface area (Å²) in [7, 11) is 0. The Morgan fingerprint density at radius 2 is 1.73 bits per heavy atom. The average Bonchev–Trinajstić information content (AvgIpc) is 3.33. The van der Waals surface area contributed by atoms with E-state index in [2.05, 4.69) is 12.1 Å². The number of aliphatic carboxylic acids is 1. The topological polar surface area (TPSA) is 57.6 Å². The molecule has 2 fully saturated rings. The van der Waals surface area contributed by atoms with Crippen LogP contribution in [0.4, 0.5) is 0 Å². The summed E-state index contributed by atoms with van der Waals surface area (Å²) in [6.07, 6.45) is 4.13. The van der Waals surface area contributed by atoms with Crippen molar-refractivity contribution in [3.8, 4) is 0 Å². The maximum atomic E-state index is 12.9. The van der Waals surface area contributed by atoms with E-state index in [0.29, 0.717) is 19.0 Å². The summed E-state index contributed by atoms with van der Waals surface area (Å²) in [5.41, 5.74) is 1.13. The molecule has 1 aliphatic carbocycles. The molecule has 1 amide bonds. The Labute approximate surface area is 131 Å². The summed E-state index contributed by atoms with van der Waals surface area (Å²) in [5, 5.41) is 8.88. The van der Waals surface area contributed by atoms with Crippen LogP contribution in [0.5, 0.6) is 0 Å². The van der Waals surface area contributed by atoms with Crippen LogP contribution < -0.4 is 0 Å². The largest absolute Gasteiger partial charge is 0.481 e. The fourth-order valence-corrected chi connectivity index (χ4v) is 3.51. The fraction of sp³-hybridized carbons (Fsp3) is 0.556. The maximum absolute atomic E-state index is 12.9. The zero-order valence-electron chi connectivity index (χ0n) is 12.8. The first-order valence-electron chi connectivity index (χ1n) is 8.20. The molecule has 118 valence electrons. The number of hydrogen-bond acceptors (Lipinski definition) is 2. The Morgan fingerprint density at radius 3 is 2.27 bits per heavy atom. The van der Waals surface area contributed by atoms with Crippen LogP contribution in [0.2, 0.25) is 0 Å². The van der Waals surface area contributed by atoms with E-state index in [-0.39, 0.29) is 24.2 Å². The molecule has 3 rings (SSSR count). The molecule has 1 saturated carbocycles. The normalized spacial score (nSPS) is 20.6. The van der Waals surface area contributed by atoms with E-state index < -0.39 is 5.97 Å². The summed E-state index contributed by atoms with van der Waals surface area (Å²) in [5.74, 6) is 0.217. The van der Waals surface area contributed by atoms with Gasteiger partial charge in [0.25, 0.3) is 0 Å². The molecule has 0 aromatic heterocycles. The van der Waals surface area contributed by atoms with Crippen molar-refractivity contribution in [1.29, 1.82) is 0 Å². The lowest BCUT2D eigenvalue weighted by molar-refractivity contribution is -0.139. The third kappa shape index (κ3) is 3.49. The molecule has 4 heteroatoms. The van der Waals surface area contributed by atoms with E-state index in [4.69, 9.17) is 5.11 Å². The van der Waals surface area contributed by atoms with Crippen molar-refractivity contribution in [1.82, 2.24) is 4.90 Å². The van der Waals surface area contributed by atoms with Gasteiger partial charge in [-0.25, -0.2) is 0 Å². The van der Waals surface area contributed by atoms with Gasteiger partial charge in [-0.3, -0.25) is 9.59 Å². The van der Waals surface area contributed by atoms with Crippen LogP contribution in [0.1, 0.15) is 43.6 Å². The zero-order valence-corrected chi connectivity index (χ0v) is 12.8. The van der Waals surface area contributed by atoms with Crippen LogP contribution >= 0.6 is 0 Å². The quantitative estimate of drug-likeness (QED) is 0.909. The van der Waals surface area contributed by atoms with Crippen LogP contribution in [-0.4, -0.2) is 35.0 Å². The minimum atomic E-state index is -0.732. The molecular weight excluding hydrogens is 278 g/mol. The highest BCUT2D eigenvalue weighted by atomic mass is 16.4. The van der Waals surface area contributed by atoms with Gasteiger partial charge in [-0.05, 0) is 43.1 Å². The van der Waals surface area contributed by atoms with Crippen molar-refractivity contribution in [2.45, 2.75) is 38.0 Å². The highest BCUT2D eigenvalue weighted by Gasteiger charge is 2.39. The molecule has 1 aromatic rings. The first kappa shape index (κ1) is 15.1. The Kier molecular flexibility index (Phi) is 4.46. The smallest absolute Gasteiger partial charge is 0.303 e. The summed E-state index contributed by atoms with van der Waals surface area (Å²) in [6.45, 7) is 1.40. The van der Waals surface area contributed by atoms with Crippen LogP contribution in [-0.2, 0) is 9.59 Å². The first-order chi connectivity index (χ1) is 10.6. The lowest BCUT2D eigenvalue weighted by Gasteiger charge is -2.34. The maximum Gasteiger partial charge on any atom is 0.303 e. The number of likely N-dealkylation sites (tertiary alicyclic amines) is 1. The lowest BCUT2D eigenvalue weighted by Crippen LogP contribution is -2.42. The second-order valence-electron chi connectivity index (χ2n) is 6.59. The van der Waals surface area contributed by atoms with E-state index in [0.717, 1.165) is 31.2 Å². The molecular formula is C18H23NO3. The van der Waals surface area contributed by atoms with E-state index in [1.165, 1.54) is 0 Å². The number of rotatable bonds is 5. The summed E-state index contributed by atoms with van der Waals surface area (Å²) >= 11 is 0. The SMILES string of the molecule is O=C(O)CC1CCN(C(=O)C(c2ccccc2)C2CC2)CC1. The number of carbonyl (C=O) groups is 2. The van der Waals surface area contributed by atoms with Crippen LogP contribution in [0.25, 0.3) is 0 Å². The molecule has 1 heterocycles. The van der Waals surface area contributed by atoms with Crippen molar-refractivity contribution in [2.24, 2.45) is 11.8 Å². The van der Waals surface area contributed by atoms with Gasteiger partial charge < -0.3 is 10.0 Å². The van der Waals surface area contributed by atoms with Gasteiger partial charge in [0.15, 0.2) is 0 Å². The average molecular weight is 301 g/mol. The van der Waals surface area contributed by atoms with Crippen molar-refractivity contribution >= 4 is 11.9 Å². The molecule has 0 radical (unpaired) electrons. The number of carboxylic acids is 1. The third-order valence-corrected chi connectivity index (χ3v) is 4.91. The second-order valence-corrected chi connectivity index (χ2v) is 6.59. The second kappa shape index (κ2) is 6.51. The molecule has 1 unspecified atom stereocenters. The standard InChI is InChI=1S/C18H23NO3/c20-16(21)12-13-8-10-19(11-9-13)18(22)17(15-6-7-15)14-4-2-1-3-5-14/h1-5,13,15,17H,6-12H2,(H,20,21). The highest BCUT2D eigenvalue weighted by molar-refractivity contribution is 5.84. The van der Waals surface area contributed by atoms with E-state index in [1.54, 1.807) is 0 Å².